The summed E-state index contributed by atoms with van der Waals surface area (Å²) in [6, 6.07) is 4.77. The SMILES string of the molecule is CN1CCN(C(=S)SCc2ccc(Cl)cc2F)CC1. The number of halogens is 2. The molecule has 0 atom stereocenters. The number of hydrogen-bond donors (Lipinski definition) is 0. The maximum absolute atomic E-state index is 13.6. The van der Waals surface area contributed by atoms with E-state index in [0.29, 0.717) is 16.3 Å². The monoisotopic (exact) mass is 318 g/mol. The number of rotatable bonds is 2. The molecule has 0 spiro atoms. The molecule has 0 saturated carbocycles. The summed E-state index contributed by atoms with van der Waals surface area (Å²) < 4.78 is 14.5. The largest absolute Gasteiger partial charge is 0.355 e. The van der Waals surface area contributed by atoms with Crippen molar-refractivity contribution >= 4 is 39.9 Å². The van der Waals surface area contributed by atoms with Gasteiger partial charge in [-0.2, -0.15) is 0 Å². The van der Waals surface area contributed by atoms with Crippen LogP contribution in [-0.2, 0) is 5.75 Å². The van der Waals surface area contributed by atoms with Crippen LogP contribution >= 0.6 is 35.6 Å². The lowest BCUT2D eigenvalue weighted by atomic mass is 10.2. The summed E-state index contributed by atoms with van der Waals surface area (Å²) >= 11 is 12.6. The van der Waals surface area contributed by atoms with Crippen LogP contribution in [-0.4, -0.2) is 47.3 Å². The van der Waals surface area contributed by atoms with Crippen molar-refractivity contribution < 1.29 is 4.39 Å². The summed E-state index contributed by atoms with van der Waals surface area (Å²) in [4.78, 5) is 4.47. The topological polar surface area (TPSA) is 6.48 Å². The van der Waals surface area contributed by atoms with Gasteiger partial charge in [0, 0.05) is 37.0 Å². The summed E-state index contributed by atoms with van der Waals surface area (Å²) in [5, 5.41) is 0.424. The lowest BCUT2D eigenvalue weighted by Gasteiger charge is -2.33. The number of thiocarbonyl (C=S) groups is 1. The molecule has 0 unspecified atom stereocenters. The zero-order valence-corrected chi connectivity index (χ0v) is 13.1. The number of likely N-dealkylation sites (N-methyl/N-ethyl adjacent to an activating group) is 1. The van der Waals surface area contributed by atoms with Gasteiger partial charge in [0.05, 0.1) is 0 Å². The van der Waals surface area contributed by atoms with Crippen LogP contribution in [0.2, 0.25) is 5.02 Å². The van der Waals surface area contributed by atoms with Crippen molar-refractivity contribution in [2.75, 3.05) is 33.2 Å². The molecule has 0 N–H and O–H groups in total. The standard InChI is InChI=1S/C13H16ClFN2S2/c1-16-4-6-17(7-5-16)13(18)19-9-10-2-3-11(14)8-12(10)15/h2-3,8H,4-7,9H2,1H3. The molecule has 0 bridgehead atoms. The van der Waals surface area contributed by atoms with E-state index in [1.54, 1.807) is 12.1 Å². The van der Waals surface area contributed by atoms with E-state index >= 15 is 0 Å². The molecule has 2 rings (SSSR count). The summed E-state index contributed by atoms with van der Waals surface area (Å²) in [5.74, 6) is 0.287. The van der Waals surface area contributed by atoms with Gasteiger partial charge in [0.2, 0.25) is 0 Å². The molecular formula is C13H16ClFN2S2. The molecule has 104 valence electrons. The summed E-state index contributed by atoms with van der Waals surface area (Å²) in [7, 11) is 2.11. The quantitative estimate of drug-likeness (QED) is 0.772. The van der Waals surface area contributed by atoms with Crippen LogP contribution in [0.5, 0.6) is 0 Å². The second-order valence-electron chi connectivity index (χ2n) is 4.58. The first-order valence-electron chi connectivity index (χ1n) is 6.10. The Balaban J connectivity index is 1.86. The number of hydrogen-bond acceptors (Lipinski definition) is 3. The van der Waals surface area contributed by atoms with Crippen LogP contribution in [0.3, 0.4) is 0 Å². The highest BCUT2D eigenvalue weighted by atomic mass is 35.5. The third kappa shape index (κ3) is 4.31. The van der Waals surface area contributed by atoms with Crippen molar-refractivity contribution in [3.05, 3.63) is 34.6 Å². The fourth-order valence-corrected chi connectivity index (χ4v) is 3.25. The molecule has 0 amide bonds. The van der Waals surface area contributed by atoms with Gasteiger partial charge in [-0.15, -0.1) is 0 Å². The lowest BCUT2D eigenvalue weighted by molar-refractivity contribution is 0.220. The van der Waals surface area contributed by atoms with Gasteiger partial charge in [-0.25, -0.2) is 4.39 Å². The first kappa shape index (κ1) is 15.0. The van der Waals surface area contributed by atoms with Gasteiger partial charge in [-0.3, -0.25) is 0 Å². The Morgan fingerprint density at radius 3 is 2.68 bits per heavy atom. The minimum atomic E-state index is -0.263. The van der Waals surface area contributed by atoms with Crippen molar-refractivity contribution in [2.24, 2.45) is 0 Å². The Kier molecular flexibility index (Phi) is 5.45. The molecule has 0 aliphatic carbocycles. The fourth-order valence-electron chi connectivity index (χ4n) is 1.86. The van der Waals surface area contributed by atoms with Crippen LogP contribution < -0.4 is 0 Å². The van der Waals surface area contributed by atoms with Crippen molar-refractivity contribution in [3.63, 3.8) is 0 Å². The van der Waals surface area contributed by atoms with E-state index < -0.39 is 0 Å². The van der Waals surface area contributed by atoms with Gasteiger partial charge in [0.1, 0.15) is 10.1 Å². The Labute approximate surface area is 127 Å². The smallest absolute Gasteiger partial charge is 0.136 e. The van der Waals surface area contributed by atoms with Crippen molar-refractivity contribution in [2.45, 2.75) is 5.75 Å². The van der Waals surface area contributed by atoms with Crippen molar-refractivity contribution in [1.82, 2.24) is 9.80 Å². The Morgan fingerprint density at radius 1 is 1.37 bits per heavy atom. The third-order valence-electron chi connectivity index (χ3n) is 3.13. The third-order valence-corrected chi connectivity index (χ3v) is 4.94. The molecular weight excluding hydrogens is 303 g/mol. The number of thioether (sulfide) groups is 1. The molecule has 1 aliphatic rings. The summed E-state index contributed by atoms with van der Waals surface area (Å²) in [6.45, 7) is 3.95. The highest BCUT2D eigenvalue weighted by Crippen LogP contribution is 2.22. The molecule has 1 aliphatic heterocycles. The Hall–Kier alpha value is -0.360. The van der Waals surface area contributed by atoms with Crippen LogP contribution in [0.15, 0.2) is 18.2 Å². The average molecular weight is 319 g/mol. The van der Waals surface area contributed by atoms with Gasteiger partial charge < -0.3 is 9.80 Å². The van der Waals surface area contributed by atoms with Gasteiger partial charge in [-0.1, -0.05) is 41.6 Å². The second kappa shape index (κ2) is 6.88. The molecule has 0 radical (unpaired) electrons. The predicted molar refractivity (Wildman–Crippen MR) is 84.4 cm³/mol. The molecule has 1 saturated heterocycles. The van der Waals surface area contributed by atoms with E-state index in [1.807, 2.05) is 0 Å². The molecule has 2 nitrogen and oxygen atoms in total. The normalized spacial score (nSPS) is 16.7. The van der Waals surface area contributed by atoms with E-state index in [1.165, 1.54) is 17.8 Å². The van der Waals surface area contributed by atoms with Crippen molar-refractivity contribution in [1.29, 1.82) is 0 Å². The van der Waals surface area contributed by atoms with Gasteiger partial charge in [0.25, 0.3) is 0 Å². The zero-order valence-electron chi connectivity index (χ0n) is 10.7. The molecule has 1 aromatic carbocycles. The molecule has 1 fully saturated rings. The van der Waals surface area contributed by atoms with Crippen molar-refractivity contribution in [3.8, 4) is 0 Å². The number of nitrogens with zero attached hydrogens (tertiary/aromatic N) is 2. The summed E-state index contributed by atoms with van der Waals surface area (Å²) in [5.41, 5.74) is 0.644. The molecule has 19 heavy (non-hydrogen) atoms. The summed E-state index contributed by atoms with van der Waals surface area (Å²) in [6.07, 6.45) is 0. The first-order chi connectivity index (χ1) is 9.06. The van der Waals surface area contributed by atoms with Gasteiger partial charge >= 0.3 is 0 Å². The molecule has 1 heterocycles. The Bertz CT molecular complexity index is 462. The zero-order chi connectivity index (χ0) is 13.8. The lowest BCUT2D eigenvalue weighted by Crippen LogP contribution is -2.45. The second-order valence-corrected chi connectivity index (χ2v) is 6.63. The Morgan fingerprint density at radius 2 is 2.05 bits per heavy atom. The highest BCUT2D eigenvalue weighted by molar-refractivity contribution is 8.22. The maximum Gasteiger partial charge on any atom is 0.136 e. The van der Waals surface area contributed by atoms with E-state index in [2.05, 4.69) is 16.8 Å². The van der Waals surface area contributed by atoms with Gasteiger partial charge in [0.15, 0.2) is 0 Å². The van der Waals surface area contributed by atoms with E-state index in [9.17, 15) is 4.39 Å². The molecule has 1 aromatic rings. The van der Waals surface area contributed by atoms with Crippen LogP contribution in [0.4, 0.5) is 4.39 Å². The fraction of sp³-hybridized carbons (Fsp3) is 0.462. The van der Waals surface area contributed by atoms with E-state index in [0.717, 1.165) is 30.5 Å². The average Bonchev–Trinajstić information content (AvgIpc) is 2.38. The van der Waals surface area contributed by atoms with Crippen LogP contribution in [0, 0.1) is 5.82 Å². The van der Waals surface area contributed by atoms with Crippen LogP contribution in [0.1, 0.15) is 5.56 Å². The van der Waals surface area contributed by atoms with Gasteiger partial charge in [-0.05, 0) is 24.7 Å². The minimum Gasteiger partial charge on any atom is -0.355 e. The first-order valence-corrected chi connectivity index (χ1v) is 7.87. The van der Waals surface area contributed by atoms with Crippen LogP contribution in [0.25, 0.3) is 0 Å². The number of piperazine rings is 1. The molecule has 0 aromatic heterocycles. The predicted octanol–water partition coefficient (Wildman–Crippen LogP) is 3.24. The highest BCUT2D eigenvalue weighted by Gasteiger charge is 2.17. The number of benzene rings is 1. The maximum atomic E-state index is 13.6. The molecule has 6 heteroatoms. The van der Waals surface area contributed by atoms with E-state index in [4.69, 9.17) is 23.8 Å². The minimum absolute atomic E-state index is 0.263. The van der Waals surface area contributed by atoms with E-state index in [-0.39, 0.29) is 5.82 Å².